The minimum Gasteiger partial charge on any atom is -0.394 e. The number of para-hydroxylation sites is 1. The second kappa shape index (κ2) is 10.7. The fourth-order valence-corrected chi connectivity index (χ4v) is 5.93. The Morgan fingerprint density at radius 3 is 2.58 bits per heavy atom. The molecular formula is C30H35N3O5. The van der Waals surface area contributed by atoms with Gasteiger partial charge >= 0.3 is 0 Å². The molecular weight excluding hydrogens is 482 g/mol. The molecule has 5 rings (SSSR count). The van der Waals surface area contributed by atoms with Gasteiger partial charge in [0, 0.05) is 43.1 Å². The quantitative estimate of drug-likeness (QED) is 0.524. The van der Waals surface area contributed by atoms with Crippen molar-refractivity contribution in [1.82, 2.24) is 4.90 Å². The Labute approximate surface area is 223 Å². The van der Waals surface area contributed by atoms with Crippen LogP contribution in [0.25, 0.3) is 0 Å². The number of carbonyl (C=O) groups excluding carboxylic acids is 3. The molecule has 0 unspecified atom stereocenters. The van der Waals surface area contributed by atoms with Gasteiger partial charge in [-0.2, -0.15) is 0 Å². The van der Waals surface area contributed by atoms with Gasteiger partial charge in [-0.3, -0.25) is 14.4 Å². The van der Waals surface area contributed by atoms with Gasteiger partial charge in [0.2, 0.25) is 11.8 Å². The summed E-state index contributed by atoms with van der Waals surface area (Å²) in [7, 11) is 0. The normalized spacial score (nSPS) is 24.1. The van der Waals surface area contributed by atoms with E-state index in [0.29, 0.717) is 30.8 Å². The van der Waals surface area contributed by atoms with E-state index in [4.69, 9.17) is 0 Å². The molecule has 2 N–H and O–H groups in total. The van der Waals surface area contributed by atoms with Crippen molar-refractivity contribution in [2.75, 3.05) is 29.5 Å². The molecule has 2 aromatic carbocycles. The molecule has 0 saturated carbocycles. The molecule has 0 radical (unpaired) electrons. The first-order valence-corrected chi connectivity index (χ1v) is 13.4. The number of rotatable bonds is 8. The number of hydrogen-bond acceptors (Lipinski definition) is 5. The maximum absolute atomic E-state index is 13.7. The van der Waals surface area contributed by atoms with E-state index in [1.165, 1.54) is 0 Å². The summed E-state index contributed by atoms with van der Waals surface area (Å²) in [6, 6.07) is 14.8. The van der Waals surface area contributed by atoms with Crippen molar-refractivity contribution in [3.63, 3.8) is 0 Å². The number of fused-ring (bicyclic) bond motifs is 1. The highest BCUT2D eigenvalue weighted by Gasteiger charge is 2.52. The van der Waals surface area contributed by atoms with Crippen molar-refractivity contribution < 1.29 is 24.6 Å². The minimum absolute atomic E-state index is 0.0359. The van der Waals surface area contributed by atoms with Gasteiger partial charge in [-0.15, -0.1) is 0 Å². The Balaban J connectivity index is 1.31. The van der Waals surface area contributed by atoms with Crippen LogP contribution in [0.15, 0.2) is 60.7 Å². The highest BCUT2D eigenvalue weighted by Crippen LogP contribution is 2.45. The zero-order valence-corrected chi connectivity index (χ0v) is 21.8. The number of anilines is 2. The Bertz CT molecular complexity index is 1240. The lowest BCUT2D eigenvalue weighted by Crippen LogP contribution is -2.44. The molecule has 2 saturated heterocycles. The van der Waals surface area contributed by atoms with E-state index in [-0.39, 0.29) is 30.9 Å². The fraction of sp³-hybridized carbons (Fsp3) is 0.433. The van der Waals surface area contributed by atoms with Crippen molar-refractivity contribution in [2.24, 2.45) is 5.92 Å². The number of carbonyl (C=O) groups is 3. The number of hydrogen-bond donors (Lipinski definition) is 2. The molecule has 3 atom stereocenters. The highest BCUT2D eigenvalue weighted by atomic mass is 16.3. The summed E-state index contributed by atoms with van der Waals surface area (Å²) in [6.07, 6.45) is 6.74. The summed E-state index contributed by atoms with van der Waals surface area (Å²) in [5, 5.41) is 21.3. The molecule has 8 nitrogen and oxygen atoms in total. The van der Waals surface area contributed by atoms with Gasteiger partial charge in [0.25, 0.3) is 5.91 Å². The van der Waals surface area contributed by atoms with E-state index in [2.05, 4.69) is 0 Å². The third-order valence-corrected chi connectivity index (χ3v) is 8.12. The first-order chi connectivity index (χ1) is 18.3. The molecule has 0 bridgehead atoms. The summed E-state index contributed by atoms with van der Waals surface area (Å²) >= 11 is 0. The fourth-order valence-electron chi connectivity index (χ4n) is 5.93. The molecule has 3 amide bonds. The molecule has 38 heavy (non-hydrogen) atoms. The molecule has 2 aromatic rings. The average Bonchev–Trinajstić information content (AvgIpc) is 3.64. The molecule has 0 aliphatic carbocycles. The Kier molecular flexibility index (Phi) is 7.36. The summed E-state index contributed by atoms with van der Waals surface area (Å²) in [5.74, 6) is -0.898. The number of aliphatic hydroxyl groups excluding tert-OH is 1. The van der Waals surface area contributed by atoms with Crippen LogP contribution in [0.5, 0.6) is 0 Å². The van der Waals surface area contributed by atoms with E-state index in [9.17, 15) is 24.6 Å². The van der Waals surface area contributed by atoms with E-state index in [0.717, 1.165) is 37.1 Å². The van der Waals surface area contributed by atoms with E-state index in [1.807, 2.05) is 42.5 Å². The van der Waals surface area contributed by atoms with E-state index in [1.54, 1.807) is 39.8 Å². The average molecular weight is 518 g/mol. The zero-order chi connectivity index (χ0) is 26.9. The van der Waals surface area contributed by atoms with Gasteiger partial charge in [-0.25, -0.2) is 0 Å². The third kappa shape index (κ3) is 4.63. The monoisotopic (exact) mass is 517 g/mol. The summed E-state index contributed by atoms with van der Waals surface area (Å²) in [6.45, 7) is 3.41. The standard InChI is InChI=1S/C30H35N3O5/c1-21(7-4-11-27(35)32-17-5-8-24(32)20-34)30(38)25-9-2-3-10-26(25)33(29(30)37)19-22-13-15-23(16-14-22)31-18-6-12-28(31)36/h2-4,7,9-10,13-16,21,24,34,38H,5-6,8,11-12,17-20H2,1H3/b7-4+/t21-,24-,30+/m0/s1. The summed E-state index contributed by atoms with van der Waals surface area (Å²) in [5.41, 5.74) is 1.21. The van der Waals surface area contributed by atoms with Gasteiger partial charge in [0.1, 0.15) is 0 Å². The number of likely N-dealkylation sites (tertiary alicyclic amines) is 1. The maximum Gasteiger partial charge on any atom is 0.264 e. The second-order valence-electron chi connectivity index (χ2n) is 10.5. The number of amides is 3. The van der Waals surface area contributed by atoms with Crippen molar-refractivity contribution in [3.05, 3.63) is 71.8 Å². The van der Waals surface area contributed by atoms with Crippen LogP contribution in [0.1, 0.15) is 50.2 Å². The SMILES string of the molecule is C[C@@H](/C=C/CC(=O)N1CCC[C@H]1CO)[C@]1(O)C(=O)N(Cc2ccc(N3CCCC3=O)cc2)c2ccccc21. The van der Waals surface area contributed by atoms with Crippen molar-refractivity contribution in [1.29, 1.82) is 0 Å². The number of benzene rings is 2. The second-order valence-corrected chi connectivity index (χ2v) is 10.5. The van der Waals surface area contributed by atoms with Crippen LogP contribution in [0, 0.1) is 5.92 Å². The molecule has 0 spiro atoms. The molecule has 0 aromatic heterocycles. The zero-order valence-electron chi connectivity index (χ0n) is 21.8. The van der Waals surface area contributed by atoms with Crippen LogP contribution in [-0.4, -0.2) is 58.6 Å². The molecule has 3 heterocycles. The van der Waals surface area contributed by atoms with Gasteiger partial charge in [-0.05, 0) is 43.0 Å². The smallest absolute Gasteiger partial charge is 0.264 e. The first kappa shape index (κ1) is 26.1. The Hall–Kier alpha value is -3.49. The van der Waals surface area contributed by atoms with Gasteiger partial charge in [-0.1, -0.05) is 49.4 Å². The van der Waals surface area contributed by atoms with E-state index < -0.39 is 17.4 Å². The van der Waals surface area contributed by atoms with Crippen molar-refractivity contribution in [2.45, 2.75) is 57.2 Å². The largest absolute Gasteiger partial charge is 0.394 e. The predicted octanol–water partition coefficient (Wildman–Crippen LogP) is 3.11. The van der Waals surface area contributed by atoms with Crippen LogP contribution < -0.4 is 9.80 Å². The number of aliphatic hydroxyl groups is 2. The van der Waals surface area contributed by atoms with Crippen LogP contribution >= 0.6 is 0 Å². The predicted molar refractivity (Wildman–Crippen MR) is 144 cm³/mol. The van der Waals surface area contributed by atoms with Crippen molar-refractivity contribution >= 4 is 29.1 Å². The van der Waals surface area contributed by atoms with Crippen LogP contribution in [0.3, 0.4) is 0 Å². The minimum atomic E-state index is -1.75. The summed E-state index contributed by atoms with van der Waals surface area (Å²) < 4.78 is 0. The first-order valence-electron chi connectivity index (χ1n) is 13.4. The molecule has 8 heteroatoms. The molecule has 2 fully saturated rings. The lowest BCUT2D eigenvalue weighted by Gasteiger charge is -2.28. The number of nitrogens with zero attached hydrogens (tertiary/aromatic N) is 3. The lowest BCUT2D eigenvalue weighted by molar-refractivity contribution is -0.139. The lowest BCUT2D eigenvalue weighted by atomic mass is 9.83. The van der Waals surface area contributed by atoms with E-state index >= 15 is 0 Å². The Morgan fingerprint density at radius 1 is 1.11 bits per heavy atom. The van der Waals surface area contributed by atoms with Crippen LogP contribution in [0.2, 0.25) is 0 Å². The van der Waals surface area contributed by atoms with Gasteiger partial charge in [0.05, 0.1) is 24.9 Å². The maximum atomic E-state index is 13.7. The van der Waals surface area contributed by atoms with Crippen LogP contribution in [-0.2, 0) is 26.5 Å². The third-order valence-electron chi connectivity index (χ3n) is 8.12. The topological polar surface area (TPSA) is 101 Å². The highest BCUT2D eigenvalue weighted by molar-refractivity contribution is 6.07. The van der Waals surface area contributed by atoms with Crippen LogP contribution in [0.4, 0.5) is 11.4 Å². The van der Waals surface area contributed by atoms with Crippen molar-refractivity contribution in [3.8, 4) is 0 Å². The molecule has 200 valence electrons. The summed E-state index contributed by atoms with van der Waals surface area (Å²) in [4.78, 5) is 43.5. The molecule has 3 aliphatic rings. The Morgan fingerprint density at radius 2 is 1.87 bits per heavy atom. The molecule has 3 aliphatic heterocycles. The van der Waals surface area contributed by atoms with Gasteiger partial charge < -0.3 is 24.9 Å². The van der Waals surface area contributed by atoms with Gasteiger partial charge in [0.15, 0.2) is 5.60 Å².